The lowest BCUT2D eigenvalue weighted by molar-refractivity contribution is 0.725. The first-order valence-electron chi connectivity index (χ1n) is 6.39. The lowest BCUT2D eigenvalue weighted by Gasteiger charge is -2.06. The molecule has 8 heteroatoms. The highest BCUT2D eigenvalue weighted by Crippen LogP contribution is 2.29. The third kappa shape index (κ3) is 2.38. The fraction of sp³-hybridized carbons (Fsp3) is 0.214. The number of aromatic nitrogens is 4. The maximum atomic E-state index is 12.5. The number of thiophene rings is 1. The zero-order valence-corrected chi connectivity index (χ0v) is 13.7. The zero-order chi connectivity index (χ0) is 15.9. The van der Waals surface area contributed by atoms with Gasteiger partial charge in [-0.25, -0.2) is 4.98 Å². The Morgan fingerprint density at radius 3 is 2.73 bits per heavy atom. The van der Waals surface area contributed by atoms with E-state index >= 15 is 0 Å². The SMILES string of the molecule is Cc1sc2nc(Sc3ccc(C#N)nn3)n(C)c(=O)c2c1C. The standard InChI is InChI=1S/C14H11N5OS2/c1-7-8(2)21-12-11(7)13(20)19(3)14(16-12)22-10-5-4-9(6-15)17-18-10/h4-5H,1-3H3. The van der Waals surface area contributed by atoms with E-state index in [0.717, 1.165) is 15.3 Å². The highest BCUT2D eigenvalue weighted by atomic mass is 32.2. The summed E-state index contributed by atoms with van der Waals surface area (Å²) in [6.45, 7) is 3.93. The van der Waals surface area contributed by atoms with Crippen LogP contribution < -0.4 is 5.56 Å². The van der Waals surface area contributed by atoms with Gasteiger partial charge in [0.05, 0.1) is 5.39 Å². The average molecular weight is 329 g/mol. The number of rotatable bonds is 2. The van der Waals surface area contributed by atoms with Crippen molar-refractivity contribution in [3.05, 3.63) is 38.6 Å². The molecular formula is C14H11N5OS2. The minimum absolute atomic E-state index is 0.0593. The Morgan fingerprint density at radius 1 is 1.32 bits per heavy atom. The summed E-state index contributed by atoms with van der Waals surface area (Å²) in [6.07, 6.45) is 0. The molecule has 0 aliphatic heterocycles. The van der Waals surface area contributed by atoms with Crippen molar-refractivity contribution < 1.29 is 0 Å². The van der Waals surface area contributed by atoms with E-state index in [1.54, 1.807) is 19.2 Å². The summed E-state index contributed by atoms with van der Waals surface area (Å²) >= 11 is 2.77. The monoisotopic (exact) mass is 329 g/mol. The molecule has 0 fully saturated rings. The van der Waals surface area contributed by atoms with Crippen LogP contribution in [-0.4, -0.2) is 19.7 Å². The van der Waals surface area contributed by atoms with E-state index in [1.807, 2.05) is 19.9 Å². The first kappa shape index (κ1) is 14.7. The number of hydrogen-bond acceptors (Lipinski definition) is 7. The van der Waals surface area contributed by atoms with Gasteiger partial charge in [0.15, 0.2) is 10.9 Å². The summed E-state index contributed by atoms with van der Waals surface area (Å²) < 4.78 is 1.52. The van der Waals surface area contributed by atoms with Crippen molar-refractivity contribution in [3.8, 4) is 6.07 Å². The molecule has 0 radical (unpaired) electrons. The fourth-order valence-corrected chi connectivity index (χ4v) is 3.81. The third-order valence-electron chi connectivity index (χ3n) is 3.32. The molecule has 0 saturated heterocycles. The van der Waals surface area contributed by atoms with Crippen LogP contribution in [0.3, 0.4) is 0 Å². The van der Waals surface area contributed by atoms with Crippen LogP contribution in [0.1, 0.15) is 16.1 Å². The Bertz CT molecular complexity index is 966. The molecule has 0 aliphatic carbocycles. The number of fused-ring (bicyclic) bond motifs is 1. The smallest absolute Gasteiger partial charge is 0.262 e. The van der Waals surface area contributed by atoms with Gasteiger partial charge in [-0.1, -0.05) is 0 Å². The third-order valence-corrected chi connectivity index (χ3v) is 5.40. The summed E-state index contributed by atoms with van der Waals surface area (Å²) in [6, 6.07) is 5.20. The molecule has 0 bridgehead atoms. The Balaban J connectivity index is 2.09. The normalized spacial score (nSPS) is 10.8. The minimum atomic E-state index is -0.0593. The summed E-state index contributed by atoms with van der Waals surface area (Å²) in [5.74, 6) is 0. The zero-order valence-electron chi connectivity index (χ0n) is 12.1. The minimum Gasteiger partial charge on any atom is -0.290 e. The van der Waals surface area contributed by atoms with Crippen molar-refractivity contribution in [3.63, 3.8) is 0 Å². The van der Waals surface area contributed by atoms with Crippen molar-refractivity contribution in [2.45, 2.75) is 24.0 Å². The first-order chi connectivity index (χ1) is 10.5. The maximum absolute atomic E-state index is 12.5. The summed E-state index contributed by atoms with van der Waals surface area (Å²) in [7, 11) is 1.70. The van der Waals surface area contributed by atoms with Gasteiger partial charge in [-0.2, -0.15) is 5.26 Å². The molecular weight excluding hydrogens is 318 g/mol. The summed E-state index contributed by atoms with van der Waals surface area (Å²) in [5, 5.41) is 18.3. The van der Waals surface area contributed by atoms with Crippen molar-refractivity contribution in [1.29, 1.82) is 5.26 Å². The van der Waals surface area contributed by atoms with Gasteiger partial charge in [0.2, 0.25) is 0 Å². The molecule has 0 saturated carbocycles. The first-order valence-corrected chi connectivity index (χ1v) is 8.03. The molecule has 0 amide bonds. The van der Waals surface area contributed by atoms with Gasteiger partial charge in [0.25, 0.3) is 5.56 Å². The van der Waals surface area contributed by atoms with Crippen molar-refractivity contribution in [2.24, 2.45) is 7.05 Å². The van der Waals surface area contributed by atoms with Crippen LogP contribution in [-0.2, 0) is 7.05 Å². The Labute approximate surface area is 134 Å². The predicted molar refractivity (Wildman–Crippen MR) is 85.2 cm³/mol. The topological polar surface area (TPSA) is 84.5 Å². The van der Waals surface area contributed by atoms with Crippen LogP contribution in [0, 0.1) is 25.2 Å². The molecule has 0 atom stereocenters. The average Bonchev–Trinajstić information content (AvgIpc) is 2.80. The van der Waals surface area contributed by atoms with E-state index < -0.39 is 0 Å². The lowest BCUT2D eigenvalue weighted by Crippen LogP contribution is -2.19. The molecule has 0 spiro atoms. The number of nitrogens with zero attached hydrogens (tertiary/aromatic N) is 5. The molecule has 3 aromatic rings. The van der Waals surface area contributed by atoms with E-state index in [1.165, 1.54) is 27.7 Å². The highest BCUT2D eigenvalue weighted by Gasteiger charge is 2.15. The molecule has 0 aliphatic rings. The molecule has 0 aromatic carbocycles. The fourth-order valence-electron chi connectivity index (χ4n) is 1.97. The van der Waals surface area contributed by atoms with Gasteiger partial charge < -0.3 is 0 Å². The number of nitriles is 1. The van der Waals surface area contributed by atoms with Gasteiger partial charge in [0, 0.05) is 11.9 Å². The molecule has 110 valence electrons. The molecule has 3 rings (SSSR count). The van der Waals surface area contributed by atoms with Gasteiger partial charge in [-0.15, -0.1) is 21.5 Å². The van der Waals surface area contributed by atoms with Gasteiger partial charge >= 0.3 is 0 Å². The van der Waals surface area contributed by atoms with Crippen LogP contribution in [0.2, 0.25) is 0 Å². The van der Waals surface area contributed by atoms with Gasteiger partial charge in [-0.3, -0.25) is 9.36 Å². The van der Waals surface area contributed by atoms with Gasteiger partial charge in [0.1, 0.15) is 15.9 Å². The highest BCUT2D eigenvalue weighted by molar-refractivity contribution is 7.99. The molecule has 3 aromatic heterocycles. The van der Waals surface area contributed by atoms with Crippen LogP contribution in [0.25, 0.3) is 10.2 Å². The van der Waals surface area contributed by atoms with E-state index in [4.69, 9.17) is 5.26 Å². The second-order valence-electron chi connectivity index (χ2n) is 4.69. The predicted octanol–water partition coefficient (Wildman–Crippen LogP) is 2.42. The molecule has 6 nitrogen and oxygen atoms in total. The second-order valence-corrected chi connectivity index (χ2v) is 6.88. The Hall–Kier alpha value is -2.24. The maximum Gasteiger partial charge on any atom is 0.262 e. The molecule has 22 heavy (non-hydrogen) atoms. The lowest BCUT2D eigenvalue weighted by atomic mass is 10.2. The number of aryl methyl sites for hydroxylation is 2. The van der Waals surface area contributed by atoms with Crippen LogP contribution in [0.15, 0.2) is 27.1 Å². The molecule has 3 heterocycles. The van der Waals surface area contributed by atoms with Crippen LogP contribution >= 0.6 is 23.1 Å². The van der Waals surface area contributed by atoms with Crippen LogP contribution in [0.5, 0.6) is 0 Å². The quantitative estimate of drug-likeness (QED) is 0.671. The molecule has 0 N–H and O–H groups in total. The Kier molecular flexibility index (Phi) is 3.68. The van der Waals surface area contributed by atoms with E-state index in [2.05, 4.69) is 15.2 Å². The van der Waals surface area contributed by atoms with E-state index in [-0.39, 0.29) is 11.3 Å². The Morgan fingerprint density at radius 2 is 2.09 bits per heavy atom. The molecule has 0 unspecified atom stereocenters. The summed E-state index contributed by atoms with van der Waals surface area (Å²) in [4.78, 5) is 18.9. The van der Waals surface area contributed by atoms with Crippen molar-refractivity contribution >= 4 is 33.3 Å². The largest absolute Gasteiger partial charge is 0.290 e. The number of hydrogen-bond donors (Lipinski definition) is 0. The van der Waals surface area contributed by atoms with E-state index in [0.29, 0.717) is 15.6 Å². The van der Waals surface area contributed by atoms with Crippen molar-refractivity contribution in [2.75, 3.05) is 0 Å². The summed E-state index contributed by atoms with van der Waals surface area (Å²) in [5.41, 5.74) is 1.19. The van der Waals surface area contributed by atoms with E-state index in [9.17, 15) is 4.79 Å². The second kappa shape index (κ2) is 5.51. The van der Waals surface area contributed by atoms with Gasteiger partial charge in [-0.05, 0) is 43.3 Å². The van der Waals surface area contributed by atoms with Crippen LogP contribution in [0.4, 0.5) is 0 Å². The van der Waals surface area contributed by atoms with Crippen molar-refractivity contribution in [1.82, 2.24) is 19.7 Å².